The van der Waals surface area contributed by atoms with Gasteiger partial charge in [-0.1, -0.05) is 66.5 Å². The zero-order chi connectivity index (χ0) is 27.9. The van der Waals surface area contributed by atoms with E-state index in [4.69, 9.17) is 9.47 Å². The van der Waals surface area contributed by atoms with Crippen molar-refractivity contribution in [3.63, 3.8) is 0 Å². The van der Waals surface area contributed by atoms with E-state index in [0.29, 0.717) is 41.2 Å². The molecule has 0 aromatic heterocycles. The lowest BCUT2D eigenvalue weighted by Gasteiger charge is -2.69. The normalized spacial score (nSPS) is 48.4. The van der Waals surface area contributed by atoms with Gasteiger partial charge >= 0.3 is 11.9 Å². The SMILES string of the molecule is CCC(O)CC(=O)O[C@@H]1C[C@@H]2[C@@]3(C)CCC[C@](C)(CC)[C@@H]3CC[C@@]2(C)[C@@H]2C=CC3=C(C(=O)O[C@@]3(C)O)[C@@]12C. The highest BCUT2D eigenvalue weighted by molar-refractivity contribution is 5.96. The van der Waals surface area contributed by atoms with Gasteiger partial charge in [-0.25, -0.2) is 4.79 Å². The molecule has 6 nitrogen and oxygen atoms in total. The molecule has 1 aliphatic heterocycles. The average molecular weight is 529 g/mol. The fourth-order valence-electron chi connectivity index (χ4n) is 10.2. The van der Waals surface area contributed by atoms with Crippen molar-refractivity contribution in [3.8, 4) is 0 Å². The van der Waals surface area contributed by atoms with Gasteiger partial charge in [0.25, 0.3) is 0 Å². The molecule has 6 heteroatoms. The third-order valence-electron chi connectivity index (χ3n) is 12.4. The van der Waals surface area contributed by atoms with Crippen LogP contribution in [0.2, 0.25) is 0 Å². The molecule has 212 valence electrons. The van der Waals surface area contributed by atoms with Gasteiger partial charge in [0, 0.05) is 17.9 Å². The number of carbonyl (C=O) groups is 2. The van der Waals surface area contributed by atoms with Crippen molar-refractivity contribution < 1.29 is 29.3 Å². The third kappa shape index (κ3) is 3.72. The Labute approximate surface area is 228 Å². The third-order valence-corrected chi connectivity index (χ3v) is 12.4. The molecule has 0 aromatic rings. The largest absolute Gasteiger partial charge is 0.461 e. The maximum atomic E-state index is 13.4. The van der Waals surface area contributed by atoms with Crippen molar-refractivity contribution in [2.75, 3.05) is 0 Å². The summed E-state index contributed by atoms with van der Waals surface area (Å²) in [4.78, 5) is 26.5. The number of esters is 2. The van der Waals surface area contributed by atoms with Gasteiger partial charge in [0.1, 0.15) is 6.10 Å². The minimum absolute atomic E-state index is 0.0459. The maximum absolute atomic E-state index is 13.4. The Bertz CT molecular complexity index is 1070. The number of cyclic esters (lactones) is 1. The number of hydrogen-bond acceptors (Lipinski definition) is 6. The van der Waals surface area contributed by atoms with Crippen molar-refractivity contribution in [2.45, 2.75) is 124 Å². The van der Waals surface area contributed by atoms with E-state index in [9.17, 15) is 19.8 Å². The van der Waals surface area contributed by atoms with E-state index in [1.54, 1.807) is 0 Å². The highest BCUT2D eigenvalue weighted by Gasteiger charge is 2.70. The van der Waals surface area contributed by atoms with Crippen LogP contribution in [0.1, 0.15) is 106 Å². The first-order valence-corrected chi connectivity index (χ1v) is 14.9. The van der Waals surface area contributed by atoms with Crippen molar-refractivity contribution in [3.05, 3.63) is 23.3 Å². The lowest BCUT2D eigenvalue weighted by Crippen LogP contribution is -2.65. The zero-order valence-corrected chi connectivity index (χ0v) is 24.4. The van der Waals surface area contributed by atoms with Crippen molar-refractivity contribution >= 4 is 11.9 Å². The Balaban J connectivity index is 1.62. The van der Waals surface area contributed by atoms with E-state index >= 15 is 0 Å². The van der Waals surface area contributed by atoms with E-state index in [0.717, 1.165) is 12.8 Å². The Kier molecular flexibility index (Phi) is 6.55. The predicted molar refractivity (Wildman–Crippen MR) is 145 cm³/mol. The molecule has 0 radical (unpaired) electrons. The molecule has 0 saturated heterocycles. The van der Waals surface area contributed by atoms with E-state index in [1.807, 2.05) is 19.9 Å². The number of aliphatic hydroxyl groups excluding tert-OH is 1. The summed E-state index contributed by atoms with van der Waals surface area (Å²) in [5.74, 6) is -1.77. The summed E-state index contributed by atoms with van der Waals surface area (Å²) in [5.41, 5.74) is 0.424. The molecular formula is C32H48O6. The molecule has 5 rings (SSSR count). The van der Waals surface area contributed by atoms with Gasteiger partial charge in [-0.3, -0.25) is 4.79 Å². The van der Waals surface area contributed by atoms with Crippen LogP contribution >= 0.6 is 0 Å². The van der Waals surface area contributed by atoms with E-state index < -0.39 is 35.3 Å². The number of fused-ring (bicyclic) bond motifs is 6. The summed E-state index contributed by atoms with van der Waals surface area (Å²) in [5, 5.41) is 21.2. The van der Waals surface area contributed by atoms with Crippen LogP contribution in [0.3, 0.4) is 0 Å². The molecule has 0 bridgehead atoms. The van der Waals surface area contributed by atoms with Crippen LogP contribution in [-0.4, -0.2) is 40.1 Å². The molecule has 0 amide bonds. The van der Waals surface area contributed by atoms with Gasteiger partial charge in [-0.2, -0.15) is 0 Å². The first kappa shape index (κ1) is 27.9. The van der Waals surface area contributed by atoms with Crippen LogP contribution < -0.4 is 0 Å². The lowest BCUT2D eigenvalue weighted by molar-refractivity contribution is -0.218. The average Bonchev–Trinajstić information content (AvgIpc) is 3.08. The van der Waals surface area contributed by atoms with Crippen molar-refractivity contribution in [1.82, 2.24) is 0 Å². The van der Waals surface area contributed by atoms with Crippen molar-refractivity contribution in [1.29, 1.82) is 0 Å². The smallest absolute Gasteiger partial charge is 0.338 e. The molecular weight excluding hydrogens is 480 g/mol. The summed E-state index contributed by atoms with van der Waals surface area (Å²) in [6.07, 6.45) is 10.9. The van der Waals surface area contributed by atoms with Gasteiger partial charge in [0.2, 0.25) is 5.79 Å². The topological polar surface area (TPSA) is 93.1 Å². The Hall–Kier alpha value is -1.66. The molecule has 3 saturated carbocycles. The summed E-state index contributed by atoms with van der Waals surface area (Å²) in [6, 6.07) is 0. The summed E-state index contributed by atoms with van der Waals surface area (Å²) < 4.78 is 11.8. The van der Waals surface area contributed by atoms with Crippen LogP contribution in [0.25, 0.3) is 0 Å². The van der Waals surface area contributed by atoms with Gasteiger partial charge < -0.3 is 19.7 Å². The van der Waals surface area contributed by atoms with Crippen LogP contribution in [0.4, 0.5) is 0 Å². The molecule has 1 heterocycles. The van der Waals surface area contributed by atoms with Crippen LogP contribution in [0, 0.1) is 39.4 Å². The maximum Gasteiger partial charge on any atom is 0.338 e. The number of rotatable bonds is 5. The summed E-state index contributed by atoms with van der Waals surface area (Å²) in [6.45, 7) is 15.1. The zero-order valence-electron chi connectivity index (χ0n) is 24.4. The van der Waals surface area contributed by atoms with Gasteiger partial charge in [0.05, 0.1) is 18.1 Å². The summed E-state index contributed by atoms with van der Waals surface area (Å²) in [7, 11) is 0. The van der Waals surface area contributed by atoms with Crippen molar-refractivity contribution in [2.24, 2.45) is 39.4 Å². The van der Waals surface area contributed by atoms with Crippen LogP contribution in [0.5, 0.6) is 0 Å². The minimum atomic E-state index is -1.70. The second-order valence-electron chi connectivity index (χ2n) is 14.3. The van der Waals surface area contributed by atoms with E-state index in [2.05, 4.69) is 33.8 Å². The standard InChI is InChI=1S/C32H48O6/c1-8-19(33)17-25(34)37-24-18-23-29(4)15-10-14-28(3,9-2)21(29)13-16-30(23,5)22-12-11-20-26(31(22,24)6)27(35)38-32(20,7)36/h11-12,19,21-24,33,36H,8-10,13-18H2,1-7H3/t19?,21-,22-,23+,24+,28-,29-,30-,31+,32+/m0/s1. The predicted octanol–water partition coefficient (Wildman–Crippen LogP) is 5.86. The van der Waals surface area contributed by atoms with Gasteiger partial charge in [-0.15, -0.1) is 0 Å². The summed E-state index contributed by atoms with van der Waals surface area (Å²) >= 11 is 0. The number of hydrogen-bond donors (Lipinski definition) is 2. The molecule has 4 aliphatic carbocycles. The highest BCUT2D eigenvalue weighted by atomic mass is 16.7. The number of carbonyl (C=O) groups excluding carboxylic acids is 2. The second-order valence-corrected chi connectivity index (χ2v) is 14.3. The fourth-order valence-corrected chi connectivity index (χ4v) is 10.2. The molecule has 5 aliphatic rings. The molecule has 1 unspecified atom stereocenters. The fraction of sp³-hybridized carbons (Fsp3) is 0.812. The Morgan fingerprint density at radius 1 is 1.11 bits per heavy atom. The Morgan fingerprint density at radius 3 is 2.47 bits per heavy atom. The first-order valence-electron chi connectivity index (χ1n) is 14.9. The van der Waals surface area contributed by atoms with Gasteiger partial charge in [0.15, 0.2) is 0 Å². The first-order chi connectivity index (χ1) is 17.7. The molecule has 2 N–H and O–H groups in total. The molecule has 38 heavy (non-hydrogen) atoms. The quantitative estimate of drug-likeness (QED) is 0.435. The number of aliphatic hydroxyl groups is 2. The van der Waals surface area contributed by atoms with E-state index in [1.165, 1.54) is 32.6 Å². The monoisotopic (exact) mass is 528 g/mol. The van der Waals surface area contributed by atoms with E-state index in [-0.39, 0.29) is 23.2 Å². The number of ether oxygens (including phenoxy) is 2. The van der Waals surface area contributed by atoms with Crippen LogP contribution in [0.15, 0.2) is 23.3 Å². The molecule has 10 atom stereocenters. The Morgan fingerprint density at radius 2 is 1.82 bits per heavy atom. The number of allylic oxidation sites excluding steroid dienone is 1. The second kappa shape index (κ2) is 8.92. The van der Waals surface area contributed by atoms with Crippen LogP contribution in [-0.2, 0) is 19.1 Å². The minimum Gasteiger partial charge on any atom is -0.461 e. The highest BCUT2D eigenvalue weighted by Crippen LogP contribution is 2.73. The molecule has 3 fully saturated rings. The lowest BCUT2D eigenvalue weighted by atomic mass is 9.35. The molecule has 0 spiro atoms. The van der Waals surface area contributed by atoms with Gasteiger partial charge in [-0.05, 0) is 72.5 Å². The molecule has 0 aromatic carbocycles.